The van der Waals surface area contributed by atoms with Crippen LogP contribution in [0.4, 0.5) is 4.79 Å². The van der Waals surface area contributed by atoms with Crippen LogP contribution in [0.15, 0.2) is 18.5 Å². The second kappa shape index (κ2) is 5.85. The van der Waals surface area contributed by atoms with E-state index in [0.29, 0.717) is 12.5 Å². The third-order valence-electron chi connectivity index (χ3n) is 3.51. The summed E-state index contributed by atoms with van der Waals surface area (Å²) in [7, 11) is 0. The van der Waals surface area contributed by atoms with E-state index in [4.69, 9.17) is 0 Å². The fourth-order valence-electron chi connectivity index (χ4n) is 2.36. The Balaban J connectivity index is 1.86. The lowest BCUT2D eigenvalue weighted by atomic mass is 10.0. The zero-order valence-electron chi connectivity index (χ0n) is 11.1. The van der Waals surface area contributed by atoms with Crippen molar-refractivity contribution < 1.29 is 4.79 Å². The zero-order chi connectivity index (χ0) is 13.0. The van der Waals surface area contributed by atoms with Gasteiger partial charge in [-0.15, -0.1) is 0 Å². The standard InChI is InChI=1S/C14H21N3O/c1-11-4-3-7-17(10-11)14(18)16-9-13-5-6-15-8-12(13)2/h5-6,8,11H,3-4,7,9-10H2,1-2H3,(H,16,18). The number of piperidine rings is 1. The first-order chi connectivity index (χ1) is 8.66. The van der Waals surface area contributed by atoms with Gasteiger partial charge in [0.15, 0.2) is 0 Å². The van der Waals surface area contributed by atoms with Crippen LogP contribution in [-0.4, -0.2) is 29.0 Å². The highest BCUT2D eigenvalue weighted by molar-refractivity contribution is 5.74. The van der Waals surface area contributed by atoms with E-state index >= 15 is 0 Å². The molecule has 2 heterocycles. The summed E-state index contributed by atoms with van der Waals surface area (Å²) in [4.78, 5) is 18.0. The average Bonchev–Trinajstić information content (AvgIpc) is 2.37. The Morgan fingerprint density at radius 2 is 2.44 bits per heavy atom. The van der Waals surface area contributed by atoms with Gasteiger partial charge in [0.25, 0.3) is 0 Å². The number of pyridine rings is 1. The molecule has 0 saturated carbocycles. The molecule has 0 aromatic carbocycles. The van der Waals surface area contributed by atoms with E-state index in [1.807, 2.05) is 24.1 Å². The molecule has 1 atom stereocenters. The molecule has 0 radical (unpaired) electrons. The number of amides is 2. The first-order valence-electron chi connectivity index (χ1n) is 6.59. The van der Waals surface area contributed by atoms with Gasteiger partial charge in [0.2, 0.25) is 0 Å². The minimum absolute atomic E-state index is 0.0535. The van der Waals surface area contributed by atoms with Gasteiger partial charge in [0, 0.05) is 32.0 Å². The zero-order valence-corrected chi connectivity index (χ0v) is 11.1. The maximum atomic E-state index is 12.0. The van der Waals surface area contributed by atoms with E-state index in [-0.39, 0.29) is 6.03 Å². The third kappa shape index (κ3) is 3.22. The quantitative estimate of drug-likeness (QED) is 0.871. The fraction of sp³-hybridized carbons (Fsp3) is 0.571. The molecule has 18 heavy (non-hydrogen) atoms. The van der Waals surface area contributed by atoms with Crippen LogP contribution in [0.1, 0.15) is 30.9 Å². The fourth-order valence-corrected chi connectivity index (χ4v) is 2.36. The first kappa shape index (κ1) is 12.9. The molecule has 1 saturated heterocycles. The number of hydrogen-bond donors (Lipinski definition) is 1. The van der Waals surface area contributed by atoms with Crippen molar-refractivity contribution >= 4 is 6.03 Å². The number of urea groups is 1. The first-order valence-corrected chi connectivity index (χ1v) is 6.59. The largest absolute Gasteiger partial charge is 0.334 e. The van der Waals surface area contributed by atoms with Crippen LogP contribution in [0.25, 0.3) is 0 Å². The van der Waals surface area contributed by atoms with Gasteiger partial charge in [-0.05, 0) is 42.9 Å². The van der Waals surface area contributed by atoms with E-state index in [2.05, 4.69) is 17.2 Å². The van der Waals surface area contributed by atoms with Crippen molar-refractivity contribution in [3.8, 4) is 0 Å². The normalized spacial score (nSPS) is 19.7. The second-order valence-corrected chi connectivity index (χ2v) is 5.15. The molecular weight excluding hydrogens is 226 g/mol. The molecule has 1 N–H and O–H groups in total. The highest BCUT2D eigenvalue weighted by Crippen LogP contribution is 2.15. The Kier molecular flexibility index (Phi) is 4.18. The van der Waals surface area contributed by atoms with Crippen molar-refractivity contribution in [3.63, 3.8) is 0 Å². The van der Waals surface area contributed by atoms with Gasteiger partial charge < -0.3 is 10.2 Å². The smallest absolute Gasteiger partial charge is 0.317 e. The molecule has 0 bridgehead atoms. The molecule has 1 unspecified atom stereocenters. The lowest BCUT2D eigenvalue weighted by Gasteiger charge is -2.31. The molecule has 4 heteroatoms. The number of carbonyl (C=O) groups excluding carboxylic acids is 1. The number of rotatable bonds is 2. The summed E-state index contributed by atoms with van der Waals surface area (Å²) in [5.41, 5.74) is 2.24. The number of nitrogens with one attached hydrogen (secondary N) is 1. The average molecular weight is 247 g/mol. The minimum atomic E-state index is 0.0535. The predicted molar refractivity (Wildman–Crippen MR) is 71.2 cm³/mol. The summed E-state index contributed by atoms with van der Waals surface area (Å²) >= 11 is 0. The SMILES string of the molecule is Cc1cnccc1CNC(=O)N1CCCC(C)C1. The molecule has 4 nitrogen and oxygen atoms in total. The van der Waals surface area contributed by atoms with Crippen LogP contribution in [0.2, 0.25) is 0 Å². The molecular formula is C14H21N3O. The summed E-state index contributed by atoms with van der Waals surface area (Å²) in [6.45, 7) is 6.55. The van der Waals surface area contributed by atoms with Crippen molar-refractivity contribution in [3.05, 3.63) is 29.6 Å². The number of aromatic nitrogens is 1. The molecule has 1 aliphatic rings. The van der Waals surface area contributed by atoms with Gasteiger partial charge in [-0.25, -0.2) is 4.79 Å². The minimum Gasteiger partial charge on any atom is -0.334 e. The number of nitrogens with zero attached hydrogens (tertiary/aromatic N) is 2. The monoisotopic (exact) mass is 247 g/mol. The van der Waals surface area contributed by atoms with E-state index < -0.39 is 0 Å². The molecule has 0 aliphatic carbocycles. The topological polar surface area (TPSA) is 45.2 Å². The molecule has 1 aromatic rings. The second-order valence-electron chi connectivity index (χ2n) is 5.15. The lowest BCUT2D eigenvalue weighted by molar-refractivity contribution is 0.169. The van der Waals surface area contributed by atoms with Gasteiger partial charge >= 0.3 is 6.03 Å². The summed E-state index contributed by atoms with van der Waals surface area (Å²) in [5.74, 6) is 0.618. The van der Waals surface area contributed by atoms with Crippen molar-refractivity contribution in [2.75, 3.05) is 13.1 Å². The molecule has 1 aromatic heterocycles. The number of likely N-dealkylation sites (tertiary alicyclic amines) is 1. The molecule has 2 rings (SSSR count). The van der Waals surface area contributed by atoms with Crippen LogP contribution in [-0.2, 0) is 6.54 Å². The Morgan fingerprint density at radius 3 is 3.17 bits per heavy atom. The summed E-state index contributed by atoms with van der Waals surface area (Å²) in [5, 5.41) is 2.99. The summed E-state index contributed by atoms with van der Waals surface area (Å²) < 4.78 is 0. The maximum Gasteiger partial charge on any atom is 0.317 e. The molecule has 1 fully saturated rings. The lowest BCUT2D eigenvalue weighted by Crippen LogP contribution is -2.44. The van der Waals surface area contributed by atoms with E-state index in [9.17, 15) is 4.79 Å². The molecule has 98 valence electrons. The van der Waals surface area contributed by atoms with Crippen molar-refractivity contribution in [1.82, 2.24) is 15.2 Å². The van der Waals surface area contributed by atoms with E-state index in [0.717, 1.165) is 30.6 Å². The van der Waals surface area contributed by atoms with Crippen LogP contribution in [0.5, 0.6) is 0 Å². The van der Waals surface area contributed by atoms with Crippen LogP contribution in [0.3, 0.4) is 0 Å². The van der Waals surface area contributed by atoms with Gasteiger partial charge in [-0.2, -0.15) is 0 Å². The van der Waals surface area contributed by atoms with Gasteiger partial charge in [0.05, 0.1) is 0 Å². The molecule has 0 spiro atoms. The molecule has 2 amide bonds. The van der Waals surface area contributed by atoms with Crippen molar-refractivity contribution in [2.45, 2.75) is 33.2 Å². The van der Waals surface area contributed by atoms with Crippen molar-refractivity contribution in [1.29, 1.82) is 0 Å². The highest BCUT2D eigenvalue weighted by atomic mass is 16.2. The number of hydrogen-bond acceptors (Lipinski definition) is 2. The van der Waals surface area contributed by atoms with Gasteiger partial charge in [0.1, 0.15) is 0 Å². The maximum absolute atomic E-state index is 12.0. The number of aryl methyl sites for hydroxylation is 1. The van der Waals surface area contributed by atoms with Crippen LogP contribution < -0.4 is 5.32 Å². The summed E-state index contributed by atoms with van der Waals surface area (Å²) in [6, 6.07) is 2.01. The van der Waals surface area contributed by atoms with Gasteiger partial charge in [-0.1, -0.05) is 6.92 Å². The van der Waals surface area contributed by atoms with Gasteiger partial charge in [-0.3, -0.25) is 4.98 Å². The molecule has 1 aliphatic heterocycles. The van der Waals surface area contributed by atoms with Crippen LogP contribution in [0, 0.1) is 12.8 Å². The Bertz CT molecular complexity index is 419. The Morgan fingerprint density at radius 1 is 1.61 bits per heavy atom. The van der Waals surface area contributed by atoms with E-state index in [1.165, 1.54) is 6.42 Å². The van der Waals surface area contributed by atoms with Crippen molar-refractivity contribution in [2.24, 2.45) is 5.92 Å². The third-order valence-corrected chi connectivity index (χ3v) is 3.51. The highest BCUT2D eigenvalue weighted by Gasteiger charge is 2.20. The predicted octanol–water partition coefficient (Wildman–Crippen LogP) is 2.33. The van der Waals surface area contributed by atoms with Crippen LogP contribution >= 0.6 is 0 Å². The Hall–Kier alpha value is -1.58. The van der Waals surface area contributed by atoms with E-state index in [1.54, 1.807) is 6.20 Å². The Labute approximate surface area is 108 Å². The summed E-state index contributed by atoms with van der Waals surface area (Å²) in [6.07, 6.45) is 5.93. The number of carbonyl (C=O) groups is 1.